The van der Waals surface area contributed by atoms with Gasteiger partial charge in [0.15, 0.2) is 0 Å². The van der Waals surface area contributed by atoms with Gasteiger partial charge in [0.25, 0.3) is 0 Å². The zero-order valence-corrected chi connectivity index (χ0v) is 17.3. The van der Waals surface area contributed by atoms with E-state index in [1.54, 1.807) is 0 Å². The highest BCUT2D eigenvalue weighted by Gasteiger charge is 2.30. The Morgan fingerprint density at radius 1 is 1.14 bits per heavy atom. The van der Waals surface area contributed by atoms with E-state index in [1.165, 1.54) is 45.4 Å². The summed E-state index contributed by atoms with van der Waals surface area (Å²) in [6.07, 6.45) is 0.964. The molecule has 1 amide bonds. The Kier molecular flexibility index (Phi) is 6.73. The van der Waals surface area contributed by atoms with Crippen molar-refractivity contribution in [3.8, 4) is 11.5 Å². The second-order valence-electron chi connectivity index (χ2n) is 5.89. The van der Waals surface area contributed by atoms with Crippen LogP contribution in [0.15, 0.2) is 36.4 Å². The van der Waals surface area contributed by atoms with E-state index in [-0.39, 0.29) is 22.1 Å². The van der Waals surface area contributed by atoms with Crippen LogP contribution in [-0.2, 0) is 14.8 Å². The fraction of sp³-hybridized carbons (Fsp3) is 0.278. The monoisotopic (exact) mass is 430 g/mol. The molecule has 2 aromatic carbocycles. The van der Waals surface area contributed by atoms with E-state index in [0.717, 1.165) is 22.7 Å². The number of sulfonamides is 1. The maximum atomic E-state index is 13.2. The van der Waals surface area contributed by atoms with E-state index in [0.29, 0.717) is 5.75 Å². The molecule has 1 N–H and O–H groups in total. The third-order valence-electron chi connectivity index (χ3n) is 3.90. The number of methoxy groups -OCH3 is 2. The molecular weight excluding hydrogens is 411 g/mol. The fourth-order valence-electron chi connectivity index (χ4n) is 2.59. The quantitative estimate of drug-likeness (QED) is 0.728. The number of rotatable bonds is 7. The summed E-state index contributed by atoms with van der Waals surface area (Å²) >= 11 is 6.05. The van der Waals surface area contributed by atoms with Gasteiger partial charge in [0.1, 0.15) is 23.4 Å². The average Bonchev–Trinajstić information content (AvgIpc) is 2.63. The number of hydrogen-bond donors (Lipinski definition) is 1. The lowest BCUT2D eigenvalue weighted by Crippen LogP contribution is -2.45. The molecule has 0 spiro atoms. The third kappa shape index (κ3) is 4.85. The van der Waals surface area contributed by atoms with E-state index in [4.69, 9.17) is 21.1 Å². The topological polar surface area (TPSA) is 84.9 Å². The number of ether oxygens (including phenoxy) is 2. The molecule has 0 aromatic heterocycles. The van der Waals surface area contributed by atoms with Crippen LogP contribution in [-0.4, -0.2) is 40.8 Å². The Bertz CT molecular complexity index is 967. The molecule has 0 heterocycles. The first kappa shape index (κ1) is 21.8. The molecule has 2 rings (SSSR count). The molecule has 28 heavy (non-hydrogen) atoms. The average molecular weight is 431 g/mol. The number of benzene rings is 2. The maximum Gasteiger partial charge on any atom is 0.248 e. The number of nitrogens with one attached hydrogen (secondary N) is 1. The van der Waals surface area contributed by atoms with Crippen molar-refractivity contribution in [3.63, 3.8) is 0 Å². The minimum atomic E-state index is -3.83. The fourth-order valence-corrected chi connectivity index (χ4v) is 4.00. The number of halogens is 2. The van der Waals surface area contributed by atoms with Gasteiger partial charge in [-0.05, 0) is 31.2 Å². The highest BCUT2D eigenvalue weighted by Crippen LogP contribution is 2.36. The van der Waals surface area contributed by atoms with Crippen molar-refractivity contribution in [1.29, 1.82) is 0 Å². The molecule has 0 bridgehead atoms. The van der Waals surface area contributed by atoms with Crippen molar-refractivity contribution >= 4 is 38.9 Å². The number of hydrogen-bond acceptors (Lipinski definition) is 5. The molecule has 10 heteroatoms. The summed E-state index contributed by atoms with van der Waals surface area (Å²) in [5.74, 6) is -0.562. The van der Waals surface area contributed by atoms with Crippen molar-refractivity contribution < 1.29 is 27.1 Å². The summed E-state index contributed by atoms with van der Waals surface area (Å²) in [4.78, 5) is 12.8. The Hall–Kier alpha value is -2.52. The Balaban J connectivity index is 2.37. The van der Waals surface area contributed by atoms with Crippen LogP contribution in [0.3, 0.4) is 0 Å². The summed E-state index contributed by atoms with van der Waals surface area (Å²) in [6, 6.07) is 6.60. The smallest absolute Gasteiger partial charge is 0.248 e. The van der Waals surface area contributed by atoms with Gasteiger partial charge in [0.05, 0.1) is 36.9 Å². The van der Waals surface area contributed by atoms with Gasteiger partial charge in [-0.15, -0.1) is 0 Å². The summed E-state index contributed by atoms with van der Waals surface area (Å²) in [5.41, 5.74) is 0.417. The van der Waals surface area contributed by atoms with Gasteiger partial charge in [0, 0.05) is 12.1 Å². The zero-order chi connectivity index (χ0) is 21.1. The maximum absolute atomic E-state index is 13.2. The van der Waals surface area contributed by atoms with Gasteiger partial charge in [-0.3, -0.25) is 9.10 Å². The van der Waals surface area contributed by atoms with E-state index < -0.39 is 27.8 Å². The molecule has 0 saturated carbocycles. The van der Waals surface area contributed by atoms with Crippen LogP contribution in [0.2, 0.25) is 5.02 Å². The number of carbonyl (C=O) groups excluding carboxylic acids is 1. The highest BCUT2D eigenvalue weighted by atomic mass is 35.5. The molecular formula is C18H20ClFN2O5S. The number of amides is 1. The van der Waals surface area contributed by atoms with Crippen LogP contribution in [0.1, 0.15) is 6.92 Å². The first-order valence-corrected chi connectivity index (χ1v) is 10.3. The Morgan fingerprint density at radius 3 is 2.21 bits per heavy atom. The summed E-state index contributed by atoms with van der Waals surface area (Å²) in [5, 5.41) is 2.90. The van der Waals surface area contributed by atoms with E-state index >= 15 is 0 Å². The standard InChI is InChI=1S/C18H20ClFN2O5S/c1-11(22(28(4,24)25)13-7-5-12(20)6-8-13)18(23)21-15-10-16(26-2)14(19)9-17(15)27-3/h5-11H,1-4H3,(H,21,23). The second-order valence-corrected chi connectivity index (χ2v) is 8.15. The molecule has 0 aliphatic carbocycles. The molecule has 0 aliphatic rings. The van der Waals surface area contributed by atoms with Crippen LogP contribution >= 0.6 is 11.6 Å². The van der Waals surface area contributed by atoms with Gasteiger partial charge >= 0.3 is 0 Å². The molecule has 0 aliphatic heterocycles. The molecule has 0 saturated heterocycles. The molecule has 152 valence electrons. The van der Waals surface area contributed by atoms with E-state index in [9.17, 15) is 17.6 Å². The minimum absolute atomic E-state index is 0.159. The van der Waals surface area contributed by atoms with Crippen molar-refractivity contribution in [3.05, 3.63) is 47.2 Å². The molecule has 0 fully saturated rings. The lowest BCUT2D eigenvalue weighted by molar-refractivity contribution is -0.116. The van der Waals surface area contributed by atoms with Gasteiger partial charge in [0.2, 0.25) is 15.9 Å². The second kappa shape index (κ2) is 8.66. The lowest BCUT2D eigenvalue weighted by Gasteiger charge is -2.28. The van der Waals surface area contributed by atoms with Gasteiger partial charge < -0.3 is 14.8 Å². The molecule has 2 aromatic rings. The molecule has 1 atom stereocenters. The predicted octanol–water partition coefficient (Wildman–Crippen LogP) is 3.29. The zero-order valence-electron chi connectivity index (χ0n) is 15.7. The number of nitrogens with zero attached hydrogens (tertiary/aromatic N) is 1. The van der Waals surface area contributed by atoms with Crippen LogP contribution in [0.5, 0.6) is 11.5 Å². The predicted molar refractivity (Wildman–Crippen MR) is 106 cm³/mol. The summed E-state index contributed by atoms with van der Waals surface area (Å²) in [6.45, 7) is 1.42. The number of anilines is 2. The van der Waals surface area contributed by atoms with E-state index in [1.807, 2.05) is 0 Å². The Labute approximate surface area is 168 Å². The Morgan fingerprint density at radius 2 is 1.71 bits per heavy atom. The number of carbonyl (C=O) groups is 1. The van der Waals surface area contributed by atoms with Crippen LogP contribution in [0.25, 0.3) is 0 Å². The first-order valence-electron chi connectivity index (χ1n) is 8.05. The third-order valence-corrected chi connectivity index (χ3v) is 5.44. The largest absolute Gasteiger partial charge is 0.495 e. The molecule has 0 radical (unpaired) electrons. The minimum Gasteiger partial charge on any atom is -0.495 e. The van der Waals surface area contributed by atoms with Crippen molar-refractivity contribution in [2.45, 2.75) is 13.0 Å². The van der Waals surface area contributed by atoms with Gasteiger partial charge in [-0.25, -0.2) is 12.8 Å². The first-order chi connectivity index (χ1) is 13.1. The van der Waals surface area contributed by atoms with Gasteiger partial charge in [-0.1, -0.05) is 11.6 Å². The van der Waals surface area contributed by atoms with Gasteiger partial charge in [-0.2, -0.15) is 0 Å². The summed E-state index contributed by atoms with van der Waals surface area (Å²) < 4.78 is 49.0. The summed E-state index contributed by atoms with van der Waals surface area (Å²) in [7, 11) is -1.01. The molecule has 7 nitrogen and oxygen atoms in total. The van der Waals surface area contributed by atoms with E-state index in [2.05, 4.69) is 5.32 Å². The van der Waals surface area contributed by atoms with Crippen LogP contribution < -0.4 is 19.1 Å². The van der Waals surface area contributed by atoms with Crippen molar-refractivity contribution in [2.24, 2.45) is 0 Å². The van der Waals surface area contributed by atoms with Crippen LogP contribution in [0.4, 0.5) is 15.8 Å². The SMILES string of the molecule is COc1cc(NC(=O)C(C)N(c2ccc(F)cc2)S(C)(=O)=O)c(OC)cc1Cl. The normalized spacial score (nSPS) is 12.2. The highest BCUT2D eigenvalue weighted by molar-refractivity contribution is 7.92. The molecule has 1 unspecified atom stereocenters. The lowest BCUT2D eigenvalue weighted by atomic mass is 10.2. The van der Waals surface area contributed by atoms with Crippen LogP contribution in [0, 0.1) is 5.82 Å². The van der Waals surface area contributed by atoms with Crippen molar-refractivity contribution in [1.82, 2.24) is 0 Å². The van der Waals surface area contributed by atoms with Crippen molar-refractivity contribution in [2.75, 3.05) is 30.1 Å².